The van der Waals surface area contributed by atoms with E-state index in [1.807, 2.05) is 65.3 Å². The minimum Gasteiger partial charge on any atom is -0.484 e. The van der Waals surface area contributed by atoms with Gasteiger partial charge in [0.25, 0.3) is 5.91 Å². The quantitative estimate of drug-likeness (QED) is 0.528. The number of rotatable bonds is 9. The summed E-state index contributed by atoms with van der Waals surface area (Å²) in [5.41, 5.74) is 2.94. The lowest BCUT2D eigenvalue weighted by molar-refractivity contribution is -0.118. The lowest BCUT2D eigenvalue weighted by Gasteiger charge is -2.14. The molecule has 0 spiro atoms. The van der Waals surface area contributed by atoms with Gasteiger partial charge in [-0.1, -0.05) is 63.2 Å². The van der Waals surface area contributed by atoms with Gasteiger partial charge in [0.2, 0.25) is 0 Å². The van der Waals surface area contributed by atoms with Crippen molar-refractivity contribution in [3.8, 4) is 5.75 Å². The van der Waals surface area contributed by atoms with Gasteiger partial charge in [-0.3, -0.25) is 4.79 Å². The van der Waals surface area contributed by atoms with Crippen molar-refractivity contribution in [3.05, 3.63) is 77.5 Å². The number of hydrogen-bond donors (Lipinski definition) is 1. The molecule has 0 aliphatic rings. The van der Waals surface area contributed by atoms with Crippen LogP contribution in [0.4, 0.5) is 5.82 Å². The third kappa shape index (κ3) is 6.80. The van der Waals surface area contributed by atoms with E-state index in [2.05, 4.69) is 26.1 Å². The van der Waals surface area contributed by atoms with Gasteiger partial charge in [0.15, 0.2) is 6.61 Å². The number of ether oxygens (including phenoxy) is 1. The third-order valence-electron chi connectivity index (χ3n) is 5.05. The van der Waals surface area contributed by atoms with Crippen LogP contribution in [-0.2, 0) is 28.0 Å². The fourth-order valence-electron chi connectivity index (χ4n) is 3.16. The van der Waals surface area contributed by atoms with E-state index in [4.69, 9.17) is 9.84 Å². The Kier molecular flexibility index (Phi) is 7.46. The molecular formula is C26H31N3O3. The van der Waals surface area contributed by atoms with E-state index in [9.17, 15) is 9.59 Å². The third-order valence-corrected chi connectivity index (χ3v) is 5.05. The monoisotopic (exact) mass is 433 g/mol. The van der Waals surface area contributed by atoms with Gasteiger partial charge in [-0.25, -0.2) is 4.68 Å². The molecule has 6 heteroatoms. The van der Waals surface area contributed by atoms with Crippen LogP contribution in [0.25, 0.3) is 0 Å². The summed E-state index contributed by atoms with van der Waals surface area (Å²) in [4.78, 5) is 23.7. The first-order chi connectivity index (χ1) is 15.2. The summed E-state index contributed by atoms with van der Waals surface area (Å²) in [5, 5.41) is 7.66. The number of ketones is 1. The number of benzene rings is 2. The summed E-state index contributed by atoms with van der Waals surface area (Å²) in [7, 11) is 0. The highest BCUT2D eigenvalue weighted by atomic mass is 16.5. The molecule has 0 atom stereocenters. The Bertz CT molecular complexity index is 1050. The molecule has 0 aliphatic carbocycles. The van der Waals surface area contributed by atoms with Gasteiger partial charge in [0.1, 0.15) is 17.4 Å². The van der Waals surface area contributed by atoms with Crippen molar-refractivity contribution in [3.63, 3.8) is 0 Å². The summed E-state index contributed by atoms with van der Waals surface area (Å²) in [5.74, 6) is 1.18. The number of anilines is 1. The maximum Gasteiger partial charge on any atom is 0.263 e. The second kappa shape index (κ2) is 10.3. The molecule has 0 unspecified atom stereocenters. The van der Waals surface area contributed by atoms with E-state index in [0.29, 0.717) is 31.0 Å². The Labute approximate surface area is 189 Å². The minimum atomic E-state index is -0.250. The molecule has 3 rings (SSSR count). The lowest BCUT2D eigenvalue weighted by Crippen LogP contribution is -2.22. The Balaban J connectivity index is 1.63. The van der Waals surface area contributed by atoms with Crippen LogP contribution in [0, 0.1) is 0 Å². The second-order valence-electron chi connectivity index (χ2n) is 8.99. The predicted octanol–water partition coefficient (Wildman–Crippen LogP) is 4.77. The SMILES string of the molecule is CC(=O)CCc1ccc(OCC(=O)Nc2cc(C(C)(C)C)nn2Cc2ccccc2)cc1. The average Bonchev–Trinajstić information content (AvgIpc) is 3.15. The molecule has 0 saturated carbocycles. The zero-order valence-electron chi connectivity index (χ0n) is 19.2. The Morgan fingerprint density at radius 3 is 2.31 bits per heavy atom. The summed E-state index contributed by atoms with van der Waals surface area (Å²) in [6.45, 7) is 8.33. The number of Topliss-reactive ketones (excluding diaryl/α,β-unsaturated/α-hetero) is 1. The maximum atomic E-state index is 12.6. The van der Waals surface area contributed by atoms with Gasteiger partial charge in [0.05, 0.1) is 12.2 Å². The van der Waals surface area contributed by atoms with Gasteiger partial charge in [-0.2, -0.15) is 5.10 Å². The largest absolute Gasteiger partial charge is 0.484 e. The van der Waals surface area contributed by atoms with E-state index in [1.165, 1.54) is 0 Å². The van der Waals surface area contributed by atoms with Crippen molar-refractivity contribution in [1.29, 1.82) is 0 Å². The normalized spacial score (nSPS) is 11.2. The molecule has 1 N–H and O–H groups in total. The fourth-order valence-corrected chi connectivity index (χ4v) is 3.16. The number of aryl methyl sites for hydroxylation is 1. The number of aromatic nitrogens is 2. The molecule has 1 amide bonds. The number of amides is 1. The average molecular weight is 434 g/mol. The van der Waals surface area contributed by atoms with Crippen molar-refractivity contribution in [2.45, 2.75) is 52.5 Å². The zero-order chi connectivity index (χ0) is 23.1. The van der Waals surface area contributed by atoms with Crippen LogP contribution in [0.15, 0.2) is 60.7 Å². The van der Waals surface area contributed by atoms with Crippen molar-refractivity contribution in [1.82, 2.24) is 9.78 Å². The summed E-state index contributed by atoms with van der Waals surface area (Å²) in [6.07, 6.45) is 1.23. The van der Waals surface area contributed by atoms with E-state index in [-0.39, 0.29) is 23.7 Å². The Morgan fingerprint density at radius 2 is 1.69 bits per heavy atom. The van der Waals surface area contributed by atoms with Crippen molar-refractivity contribution < 1.29 is 14.3 Å². The van der Waals surface area contributed by atoms with Gasteiger partial charge in [-0.05, 0) is 36.6 Å². The number of hydrogen-bond acceptors (Lipinski definition) is 4. The second-order valence-corrected chi connectivity index (χ2v) is 8.99. The molecule has 2 aromatic carbocycles. The summed E-state index contributed by atoms with van der Waals surface area (Å²) < 4.78 is 7.46. The van der Waals surface area contributed by atoms with Crippen LogP contribution in [0.2, 0.25) is 0 Å². The van der Waals surface area contributed by atoms with E-state index in [1.54, 1.807) is 6.92 Å². The number of carbonyl (C=O) groups is 2. The Morgan fingerprint density at radius 1 is 1.00 bits per heavy atom. The standard InChI is InChI=1S/C26H31N3O3/c1-19(30)10-11-20-12-14-22(15-13-20)32-18-25(31)27-24-16-23(26(2,3)4)28-29(24)17-21-8-6-5-7-9-21/h5-9,12-16H,10-11,17-18H2,1-4H3,(H,27,31). The Hall–Kier alpha value is -3.41. The first kappa shape index (κ1) is 23.3. The summed E-state index contributed by atoms with van der Waals surface area (Å²) in [6, 6.07) is 19.4. The van der Waals surface area contributed by atoms with Crippen LogP contribution in [-0.4, -0.2) is 28.1 Å². The molecule has 0 bridgehead atoms. The van der Waals surface area contributed by atoms with Crippen LogP contribution >= 0.6 is 0 Å². The molecule has 0 saturated heterocycles. The van der Waals surface area contributed by atoms with Crippen LogP contribution in [0.1, 0.15) is 50.9 Å². The zero-order valence-corrected chi connectivity index (χ0v) is 19.2. The van der Waals surface area contributed by atoms with Crippen LogP contribution < -0.4 is 10.1 Å². The fraction of sp³-hybridized carbons (Fsp3) is 0.346. The van der Waals surface area contributed by atoms with Gasteiger partial charge < -0.3 is 14.8 Å². The molecule has 1 heterocycles. The number of carbonyl (C=O) groups excluding carboxylic acids is 2. The maximum absolute atomic E-state index is 12.6. The van der Waals surface area contributed by atoms with Crippen LogP contribution in [0.5, 0.6) is 5.75 Å². The number of nitrogens with one attached hydrogen (secondary N) is 1. The van der Waals surface area contributed by atoms with Gasteiger partial charge in [0, 0.05) is 17.9 Å². The first-order valence-electron chi connectivity index (χ1n) is 10.8. The van der Waals surface area contributed by atoms with Gasteiger partial charge >= 0.3 is 0 Å². The molecule has 0 aliphatic heterocycles. The van der Waals surface area contributed by atoms with Gasteiger partial charge in [-0.15, -0.1) is 0 Å². The highest BCUT2D eigenvalue weighted by Crippen LogP contribution is 2.25. The topological polar surface area (TPSA) is 73.2 Å². The molecule has 6 nitrogen and oxygen atoms in total. The highest BCUT2D eigenvalue weighted by Gasteiger charge is 2.21. The predicted molar refractivity (Wildman–Crippen MR) is 126 cm³/mol. The van der Waals surface area contributed by atoms with Crippen molar-refractivity contribution >= 4 is 17.5 Å². The van der Waals surface area contributed by atoms with E-state index >= 15 is 0 Å². The van der Waals surface area contributed by atoms with E-state index < -0.39 is 0 Å². The lowest BCUT2D eigenvalue weighted by atomic mass is 9.92. The highest BCUT2D eigenvalue weighted by molar-refractivity contribution is 5.91. The molecule has 32 heavy (non-hydrogen) atoms. The molecule has 0 fully saturated rings. The van der Waals surface area contributed by atoms with Crippen LogP contribution in [0.3, 0.4) is 0 Å². The smallest absolute Gasteiger partial charge is 0.263 e. The summed E-state index contributed by atoms with van der Waals surface area (Å²) >= 11 is 0. The minimum absolute atomic E-state index is 0.103. The number of nitrogens with zero attached hydrogens (tertiary/aromatic N) is 2. The first-order valence-corrected chi connectivity index (χ1v) is 10.8. The molecule has 0 radical (unpaired) electrons. The van der Waals surface area contributed by atoms with Crippen molar-refractivity contribution in [2.75, 3.05) is 11.9 Å². The molecular weight excluding hydrogens is 402 g/mol. The molecule has 3 aromatic rings. The van der Waals surface area contributed by atoms with Crippen molar-refractivity contribution in [2.24, 2.45) is 0 Å². The molecule has 168 valence electrons. The molecule has 1 aromatic heterocycles. The van der Waals surface area contributed by atoms with E-state index in [0.717, 1.165) is 16.8 Å².